The second-order valence-electron chi connectivity index (χ2n) is 5.80. The van der Waals surface area contributed by atoms with Gasteiger partial charge in [-0.25, -0.2) is 13.5 Å². The maximum absolute atomic E-state index is 13.4. The van der Waals surface area contributed by atoms with Crippen LogP contribution in [0.3, 0.4) is 0 Å². The van der Waals surface area contributed by atoms with Crippen LogP contribution in [0.2, 0.25) is 0 Å². The Kier molecular flexibility index (Phi) is 5.53. The highest BCUT2D eigenvalue weighted by molar-refractivity contribution is 7.07. The molecule has 0 bridgehead atoms. The van der Waals surface area contributed by atoms with Crippen molar-refractivity contribution in [1.82, 2.24) is 4.68 Å². The van der Waals surface area contributed by atoms with Crippen molar-refractivity contribution in [3.05, 3.63) is 88.1 Å². The minimum atomic E-state index is -0.324. The second-order valence-corrected chi connectivity index (χ2v) is 6.63. The summed E-state index contributed by atoms with van der Waals surface area (Å²) in [6.07, 6.45) is 1.57. The van der Waals surface area contributed by atoms with Crippen molar-refractivity contribution in [3.63, 3.8) is 0 Å². The molecule has 0 aliphatic heterocycles. The van der Waals surface area contributed by atoms with Crippen molar-refractivity contribution >= 4 is 17.6 Å². The van der Waals surface area contributed by atoms with Gasteiger partial charge in [-0.15, -0.1) is 11.3 Å². The summed E-state index contributed by atoms with van der Waals surface area (Å²) in [6, 6.07) is 12.4. The second kappa shape index (κ2) is 8.01. The average Bonchev–Trinajstić information content (AvgIpc) is 3.02. The van der Waals surface area contributed by atoms with E-state index in [4.69, 9.17) is 0 Å². The molecule has 0 aliphatic rings. The molecule has 26 heavy (non-hydrogen) atoms. The van der Waals surface area contributed by atoms with Gasteiger partial charge >= 0.3 is 0 Å². The van der Waals surface area contributed by atoms with Gasteiger partial charge in [-0.05, 0) is 48.9 Å². The fourth-order valence-electron chi connectivity index (χ4n) is 2.25. The first-order valence-electron chi connectivity index (χ1n) is 7.94. The number of hydrogen-bond acceptors (Lipinski definition) is 3. The zero-order chi connectivity index (χ0) is 18.5. The molecule has 1 aromatic heterocycles. The third-order valence-electron chi connectivity index (χ3n) is 3.48. The van der Waals surface area contributed by atoms with Crippen LogP contribution in [-0.2, 0) is 0 Å². The first-order valence-corrected chi connectivity index (χ1v) is 8.82. The van der Waals surface area contributed by atoms with Gasteiger partial charge in [0.1, 0.15) is 11.6 Å². The number of hydrogen-bond donors (Lipinski definition) is 0. The van der Waals surface area contributed by atoms with Gasteiger partial charge in [0.25, 0.3) is 0 Å². The smallest absolute Gasteiger partial charge is 0.206 e. The number of thiazole rings is 1. The highest BCUT2D eigenvalue weighted by atomic mass is 32.1. The van der Waals surface area contributed by atoms with E-state index < -0.39 is 0 Å². The molecule has 6 heteroatoms. The highest BCUT2D eigenvalue weighted by Gasteiger charge is 2.07. The summed E-state index contributed by atoms with van der Waals surface area (Å²) in [6.45, 7) is 6.24. The van der Waals surface area contributed by atoms with Gasteiger partial charge in [-0.1, -0.05) is 24.3 Å². The largest absolute Gasteiger partial charge is 0.253 e. The molecule has 0 radical (unpaired) electrons. The first kappa shape index (κ1) is 17.9. The Balaban J connectivity index is 2.07. The Labute approximate surface area is 154 Å². The van der Waals surface area contributed by atoms with Crippen molar-refractivity contribution in [2.75, 3.05) is 6.54 Å². The van der Waals surface area contributed by atoms with Gasteiger partial charge in [-0.2, -0.15) is 5.10 Å². The Bertz CT molecular complexity index is 1010. The van der Waals surface area contributed by atoms with E-state index in [1.54, 1.807) is 35.2 Å². The van der Waals surface area contributed by atoms with E-state index in [0.717, 1.165) is 16.8 Å². The first-order chi connectivity index (χ1) is 12.5. The summed E-state index contributed by atoms with van der Waals surface area (Å²) in [4.78, 5) is 5.20. The molecule has 0 aliphatic carbocycles. The van der Waals surface area contributed by atoms with Crippen LogP contribution < -0.4 is 4.80 Å². The molecule has 0 spiro atoms. The molecule has 0 saturated heterocycles. The topological polar surface area (TPSA) is 29.6 Å². The molecule has 3 rings (SSSR count). The molecule has 0 N–H and O–H groups in total. The van der Waals surface area contributed by atoms with E-state index >= 15 is 0 Å². The maximum atomic E-state index is 13.4. The summed E-state index contributed by atoms with van der Waals surface area (Å²) in [7, 11) is 0. The van der Waals surface area contributed by atoms with Crippen LogP contribution in [0.15, 0.2) is 76.2 Å². The lowest BCUT2D eigenvalue weighted by molar-refractivity contribution is 0.627. The molecule has 0 saturated carbocycles. The lowest BCUT2D eigenvalue weighted by atomic mass is 10.2. The molecular weight excluding hydrogens is 352 g/mol. The maximum Gasteiger partial charge on any atom is 0.206 e. The van der Waals surface area contributed by atoms with Gasteiger partial charge in [-0.3, -0.25) is 4.99 Å². The molecule has 3 aromatic rings. The minimum absolute atomic E-state index is 0.300. The fourth-order valence-corrected chi connectivity index (χ4v) is 3.09. The third-order valence-corrected chi connectivity index (χ3v) is 4.33. The summed E-state index contributed by atoms with van der Waals surface area (Å²) in [5.41, 5.74) is 3.17. The molecular formula is C20H17F2N3S. The van der Waals surface area contributed by atoms with Gasteiger partial charge in [0, 0.05) is 10.9 Å². The average molecular weight is 369 g/mol. The molecule has 2 aromatic carbocycles. The Hall–Kier alpha value is -2.86. The van der Waals surface area contributed by atoms with Gasteiger partial charge in [0.05, 0.1) is 18.5 Å². The number of aromatic nitrogens is 1. The number of rotatable bonds is 5. The third kappa shape index (κ3) is 4.40. The quantitative estimate of drug-likeness (QED) is 0.454. The Morgan fingerprint density at radius 2 is 1.92 bits per heavy atom. The van der Waals surface area contributed by atoms with Crippen molar-refractivity contribution in [2.45, 2.75) is 6.92 Å². The van der Waals surface area contributed by atoms with Gasteiger partial charge in [0.15, 0.2) is 0 Å². The van der Waals surface area contributed by atoms with Gasteiger partial charge < -0.3 is 0 Å². The molecule has 1 heterocycles. The molecule has 3 nitrogen and oxygen atoms in total. The summed E-state index contributed by atoms with van der Waals surface area (Å²) >= 11 is 1.43. The normalized spacial score (nSPS) is 12.0. The van der Waals surface area contributed by atoms with Crippen LogP contribution in [0.25, 0.3) is 11.3 Å². The van der Waals surface area contributed by atoms with Crippen molar-refractivity contribution in [1.29, 1.82) is 0 Å². The molecule has 0 fully saturated rings. The molecule has 132 valence electrons. The zero-order valence-corrected chi connectivity index (χ0v) is 15.0. The zero-order valence-electron chi connectivity index (χ0n) is 14.2. The van der Waals surface area contributed by atoms with Crippen LogP contribution in [0.4, 0.5) is 8.78 Å². The fraction of sp³-hybridized carbons (Fsp3) is 0.100. The van der Waals surface area contributed by atoms with E-state index in [2.05, 4.69) is 16.7 Å². The predicted molar refractivity (Wildman–Crippen MR) is 102 cm³/mol. The Morgan fingerprint density at radius 3 is 2.62 bits per heavy atom. The molecule has 0 unspecified atom stereocenters. The van der Waals surface area contributed by atoms with E-state index in [0.29, 0.717) is 16.9 Å². The van der Waals surface area contributed by atoms with Crippen LogP contribution in [0.5, 0.6) is 0 Å². The summed E-state index contributed by atoms with van der Waals surface area (Å²) < 4.78 is 28.3. The molecule has 0 amide bonds. The lowest BCUT2D eigenvalue weighted by Crippen LogP contribution is -2.13. The highest BCUT2D eigenvalue weighted by Crippen LogP contribution is 2.20. The van der Waals surface area contributed by atoms with Crippen molar-refractivity contribution in [3.8, 4) is 11.3 Å². The molecule has 0 atom stereocenters. The van der Waals surface area contributed by atoms with Crippen LogP contribution in [0.1, 0.15) is 12.5 Å². The van der Waals surface area contributed by atoms with Crippen molar-refractivity contribution in [2.24, 2.45) is 10.1 Å². The number of nitrogens with zero attached hydrogens (tertiary/aromatic N) is 3. The summed E-state index contributed by atoms with van der Waals surface area (Å²) in [5.74, 6) is -0.624. The monoisotopic (exact) mass is 369 g/mol. The number of halogens is 2. The minimum Gasteiger partial charge on any atom is -0.253 e. The van der Waals surface area contributed by atoms with Crippen LogP contribution in [0, 0.1) is 11.6 Å². The van der Waals surface area contributed by atoms with E-state index in [1.165, 1.54) is 35.6 Å². The number of benzene rings is 2. The lowest BCUT2D eigenvalue weighted by Gasteiger charge is -2.04. The van der Waals surface area contributed by atoms with E-state index in [1.807, 2.05) is 12.3 Å². The summed E-state index contributed by atoms with van der Waals surface area (Å²) in [5, 5.41) is 6.38. The SMILES string of the molecule is C=C(C)CN=c1scc(-c2ccc(F)cc2)n1N=Cc1cccc(F)c1. The van der Waals surface area contributed by atoms with E-state index in [9.17, 15) is 8.78 Å². The van der Waals surface area contributed by atoms with Gasteiger partial charge in [0.2, 0.25) is 4.80 Å². The Morgan fingerprint density at radius 1 is 1.15 bits per heavy atom. The van der Waals surface area contributed by atoms with Crippen molar-refractivity contribution < 1.29 is 8.78 Å². The van der Waals surface area contributed by atoms with E-state index in [-0.39, 0.29) is 11.6 Å². The van der Waals surface area contributed by atoms with Crippen LogP contribution >= 0.6 is 11.3 Å². The standard InChI is InChI=1S/C20H17F2N3S/c1-14(2)11-23-20-25(24-12-15-4-3-5-18(22)10-15)19(13-26-20)16-6-8-17(21)9-7-16/h3-10,12-13H,1,11H2,2H3. The predicted octanol–water partition coefficient (Wildman–Crippen LogP) is 4.85. The van der Waals surface area contributed by atoms with Crippen LogP contribution in [-0.4, -0.2) is 17.4 Å².